The fourth-order valence-corrected chi connectivity index (χ4v) is 5.52. The summed E-state index contributed by atoms with van der Waals surface area (Å²) < 4.78 is 5.97. The first-order valence-electron chi connectivity index (χ1n) is 12.1. The highest BCUT2D eigenvalue weighted by Crippen LogP contribution is 2.33. The highest BCUT2D eigenvalue weighted by molar-refractivity contribution is 6.38. The summed E-state index contributed by atoms with van der Waals surface area (Å²) in [5, 5.41) is 0.701. The van der Waals surface area contributed by atoms with E-state index in [1.54, 1.807) is 18.3 Å². The van der Waals surface area contributed by atoms with Gasteiger partial charge in [0, 0.05) is 42.3 Å². The third-order valence-electron chi connectivity index (χ3n) is 6.97. The number of likely N-dealkylation sites (N-methyl/N-ethyl adjacent to an activating group) is 1. The van der Waals surface area contributed by atoms with Crippen LogP contribution in [0.2, 0.25) is 10.0 Å². The van der Waals surface area contributed by atoms with Gasteiger partial charge in [-0.15, -0.1) is 0 Å². The van der Waals surface area contributed by atoms with E-state index in [0.29, 0.717) is 21.8 Å². The number of hydrogen-bond donors (Lipinski definition) is 1. The fraction of sp³-hybridized carbons (Fsp3) is 0.370. The summed E-state index contributed by atoms with van der Waals surface area (Å²) in [4.78, 5) is 26.0. The zero-order valence-corrected chi connectivity index (χ0v) is 22.0. The Bertz CT molecular complexity index is 1320. The lowest BCUT2D eigenvalue weighted by atomic mass is 9.92. The molecule has 2 aliphatic heterocycles. The largest absolute Gasteiger partial charge is 0.470 e. The molecule has 7 nitrogen and oxygen atoms in total. The van der Waals surface area contributed by atoms with Gasteiger partial charge in [0.05, 0.1) is 22.5 Å². The molecule has 5 rings (SSSR count). The van der Waals surface area contributed by atoms with Crippen LogP contribution in [0, 0.1) is 6.92 Å². The molecule has 2 aromatic carbocycles. The molecule has 0 aliphatic carbocycles. The average Bonchev–Trinajstić information content (AvgIpc) is 3.39. The van der Waals surface area contributed by atoms with Gasteiger partial charge in [0.1, 0.15) is 6.61 Å². The van der Waals surface area contributed by atoms with Crippen LogP contribution in [-0.2, 0) is 19.6 Å². The van der Waals surface area contributed by atoms with Crippen molar-refractivity contribution >= 4 is 34.9 Å². The van der Waals surface area contributed by atoms with Gasteiger partial charge in [0.25, 0.3) is 11.8 Å². The van der Waals surface area contributed by atoms with E-state index in [2.05, 4.69) is 41.0 Å². The van der Waals surface area contributed by atoms with Gasteiger partial charge in [0.2, 0.25) is 0 Å². The van der Waals surface area contributed by atoms with Gasteiger partial charge in [-0.05, 0) is 74.2 Å². The number of benzene rings is 2. The zero-order valence-electron chi connectivity index (χ0n) is 20.5. The van der Waals surface area contributed by atoms with E-state index in [9.17, 15) is 4.79 Å². The predicted molar refractivity (Wildman–Crippen MR) is 143 cm³/mol. The number of rotatable bonds is 5. The molecule has 0 saturated carbocycles. The molecule has 0 unspecified atom stereocenters. The summed E-state index contributed by atoms with van der Waals surface area (Å²) in [6, 6.07) is 7.64. The number of anilines is 1. The van der Waals surface area contributed by atoms with Crippen molar-refractivity contribution in [3.8, 4) is 17.1 Å². The molecule has 1 aromatic heterocycles. The highest BCUT2D eigenvalue weighted by atomic mass is 35.5. The highest BCUT2D eigenvalue weighted by Gasteiger charge is 2.24. The molecule has 3 heterocycles. The number of halogens is 2. The minimum Gasteiger partial charge on any atom is -0.470 e. The quantitative estimate of drug-likeness (QED) is 0.496. The van der Waals surface area contributed by atoms with Crippen LogP contribution in [0.5, 0.6) is 5.88 Å². The normalized spacial score (nSPS) is 15.7. The van der Waals surface area contributed by atoms with Crippen LogP contribution in [-0.4, -0.2) is 52.4 Å². The van der Waals surface area contributed by atoms with E-state index in [-0.39, 0.29) is 29.2 Å². The number of amides is 1. The molecule has 3 aromatic rings. The van der Waals surface area contributed by atoms with Crippen molar-refractivity contribution < 1.29 is 9.53 Å². The standard InChI is InChI=1S/C27H29Cl2N5O2/c1-16-11-17(12-18-14-33(2)10-7-19(16)18)23-13-31-25(30)26(32-23)36-15-21-22(28)6-5-20(24(21)29)27(35)34-8-3-4-9-34/h5-6,11-13H,3-4,7-10,14-15H2,1-2H3,(H2,30,31). The molecule has 0 bridgehead atoms. The lowest BCUT2D eigenvalue weighted by Crippen LogP contribution is -2.28. The van der Waals surface area contributed by atoms with Crippen molar-refractivity contribution in [3.05, 3.63) is 68.3 Å². The number of aromatic nitrogens is 2. The van der Waals surface area contributed by atoms with Gasteiger partial charge in [-0.25, -0.2) is 9.97 Å². The van der Waals surface area contributed by atoms with Gasteiger partial charge < -0.3 is 20.3 Å². The number of ether oxygens (including phenoxy) is 1. The molecule has 0 radical (unpaired) electrons. The van der Waals surface area contributed by atoms with Gasteiger partial charge in [0.15, 0.2) is 5.82 Å². The van der Waals surface area contributed by atoms with Crippen molar-refractivity contribution in [1.82, 2.24) is 19.8 Å². The maximum atomic E-state index is 12.9. The number of likely N-dealkylation sites (tertiary alicyclic amines) is 1. The molecule has 188 valence electrons. The van der Waals surface area contributed by atoms with Crippen molar-refractivity contribution in [2.24, 2.45) is 0 Å². The van der Waals surface area contributed by atoms with E-state index in [1.807, 2.05) is 4.90 Å². The van der Waals surface area contributed by atoms with Crippen LogP contribution in [0.3, 0.4) is 0 Å². The minimum atomic E-state index is -0.0925. The van der Waals surface area contributed by atoms with Crippen LogP contribution < -0.4 is 10.5 Å². The van der Waals surface area contributed by atoms with Gasteiger partial charge in [-0.2, -0.15) is 0 Å². The smallest absolute Gasteiger partial charge is 0.258 e. The number of nitrogens with two attached hydrogens (primary N) is 1. The van der Waals surface area contributed by atoms with Gasteiger partial charge in [-0.1, -0.05) is 23.2 Å². The maximum absolute atomic E-state index is 12.9. The second-order valence-electron chi connectivity index (χ2n) is 9.54. The number of carbonyl (C=O) groups excluding carboxylic acids is 1. The average molecular weight is 526 g/mol. The number of nitrogens with zero attached hydrogens (tertiary/aromatic N) is 4. The van der Waals surface area contributed by atoms with E-state index in [0.717, 1.165) is 51.0 Å². The van der Waals surface area contributed by atoms with Crippen LogP contribution in [0.25, 0.3) is 11.3 Å². The Balaban J connectivity index is 1.40. The van der Waals surface area contributed by atoms with Crippen molar-refractivity contribution in [2.45, 2.75) is 39.3 Å². The lowest BCUT2D eigenvalue weighted by Gasteiger charge is -2.27. The third kappa shape index (κ3) is 4.88. The molecule has 9 heteroatoms. The summed E-state index contributed by atoms with van der Waals surface area (Å²) in [5.41, 5.74) is 12.6. The summed E-state index contributed by atoms with van der Waals surface area (Å²) in [5.74, 6) is 0.276. The van der Waals surface area contributed by atoms with E-state index < -0.39 is 0 Å². The van der Waals surface area contributed by atoms with Gasteiger partial charge in [-0.3, -0.25) is 4.79 Å². The van der Waals surface area contributed by atoms with E-state index >= 15 is 0 Å². The Morgan fingerprint density at radius 1 is 1.17 bits per heavy atom. The summed E-state index contributed by atoms with van der Waals surface area (Å²) in [6.07, 6.45) is 4.70. The number of fused-ring (bicyclic) bond motifs is 1. The Kier molecular flexibility index (Phi) is 7.06. The second-order valence-corrected chi connectivity index (χ2v) is 10.3. The number of carbonyl (C=O) groups is 1. The molecule has 0 atom stereocenters. The fourth-order valence-electron chi connectivity index (χ4n) is 4.96. The number of hydrogen-bond acceptors (Lipinski definition) is 6. The second kappa shape index (κ2) is 10.2. The molecule has 1 fully saturated rings. The first-order chi connectivity index (χ1) is 17.3. The minimum absolute atomic E-state index is 0.00906. The van der Waals surface area contributed by atoms with Crippen molar-refractivity contribution in [2.75, 3.05) is 32.4 Å². The molecule has 1 saturated heterocycles. The SMILES string of the molecule is Cc1cc(-c2cnc(N)c(OCc3c(Cl)ccc(C(=O)N4CCCC4)c3Cl)n2)cc2c1CCN(C)C2. The Hall–Kier alpha value is -2.87. The van der Waals surface area contributed by atoms with Crippen LogP contribution in [0.4, 0.5) is 5.82 Å². The number of aryl methyl sites for hydroxylation is 1. The zero-order chi connectivity index (χ0) is 25.4. The van der Waals surface area contributed by atoms with Crippen molar-refractivity contribution in [3.63, 3.8) is 0 Å². The summed E-state index contributed by atoms with van der Waals surface area (Å²) in [7, 11) is 2.13. The first kappa shape index (κ1) is 24.8. The van der Waals surface area contributed by atoms with E-state index in [4.69, 9.17) is 33.7 Å². The third-order valence-corrected chi connectivity index (χ3v) is 7.76. The van der Waals surface area contributed by atoms with Crippen LogP contribution in [0.1, 0.15) is 45.5 Å². The van der Waals surface area contributed by atoms with E-state index in [1.165, 1.54) is 16.7 Å². The van der Waals surface area contributed by atoms with Gasteiger partial charge >= 0.3 is 0 Å². The Labute approximate surface area is 221 Å². The predicted octanol–water partition coefficient (Wildman–Crippen LogP) is 5.14. The molecule has 0 spiro atoms. The topological polar surface area (TPSA) is 84.6 Å². The first-order valence-corrected chi connectivity index (χ1v) is 12.9. The Morgan fingerprint density at radius 3 is 2.72 bits per heavy atom. The summed E-state index contributed by atoms with van der Waals surface area (Å²) in [6.45, 7) is 5.58. The monoisotopic (exact) mass is 525 g/mol. The molecule has 1 amide bonds. The van der Waals surface area contributed by atoms with Crippen molar-refractivity contribution in [1.29, 1.82) is 0 Å². The molecular formula is C27H29Cl2N5O2. The summed E-state index contributed by atoms with van der Waals surface area (Å²) >= 11 is 13.1. The molecule has 36 heavy (non-hydrogen) atoms. The Morgan fingerprint density at radius 2 is 1.94 bits per heavy atom. The molecule has 2 aliphatic rings. The van der Waals surface area contributed by atoms with Crippen LogP contribution >= 0.6 is 23.2 Å². The number of nitrogen functional groups attached to an aromatic ring is 1. The maximum Gasteiger partial charge on any atom is 0.258 e. The lowest BCUT2D eigenvalue weighted by molar-refractivity contribution is 0.0793. The molecular weight excluding hydrogens is 497 g/mol. The van der Waals surface area contributed by atoms with Crippen LogP contribution in [0.15, 0.2) is 30.5 Å². The molecule has 2 N–H and O–H groups in total.